The molecule has 0 aliphatic rings. The Labute approximate surface area is 78.6 Å². The third-order valence-corrected chi connectivity index (χ3v) is 2.19. The summed E-state index contributed by atoms with van der Waals surface area (Å²) in [6.07, 6.45) is 1.42. The van der Waals surface area contributed by atoms with Crippen LogP contribution in [0.2, 0.25) is 0 Å². The second-order valence-electron chi connectivity index (χ2n) is 3.28. The van der Waals surface area contributed by atoms with Gasteiger partial charge in [-0.2, -0.15) is 0 Å². The molecule has 0 aromatic carbocycles. The zero-order chi connectivity index (χ0) is 9.84. The Bertz CT molecular complexity index is 270. The number of likely N-dealkylation sites (N-methyl/N-ethyl adjacent to an activating group) is 1. The van der Waals surface area contributed by atoms with Gasteiger partial charge in [-0.3, -0.25) is 0 Å². The monoisotopic (exact) mass is 183 g/mol. The van der Waals surface area contributed by atoms with Gasteiger partial charge in [0.05, 0.1) is 24.7 Å². The molecule has 4 heteroatoms. The molecule has 0 fully saturated rings. The predicted octanol–water partition coefficient (Wildman–Crippen LogP) is 0.0802. The number of hydrogen-bond donors (Lipinski definition) is 2. The normalized spacial score (nSPS) is 13.2. The van der Waals surface area contributed by atoms with Gasteiger partial charge < -0.3 is 15.0 Å². The minimum absolute atomic E-state index is 0.350. The SMILES string of the molecule is CNCC(O)Cn1cnc(C)c1C. The van der Waals surface area contributed by atoms with E-state index in [0.717, 1.165) is 11.4 Å². The fraction of sp³-hybridized carbons (Fsp3) is 0.667. The molecule has 0 bridgehead atoms. The van der Waals surface area contributed by atoms with Crippen LogP contribution in [0.3, 0.4) is 0 Å². The summed E-state index contributed by atoms with van der Waals surface area (Å²) in [5.74, 6) is 0. The van der Waals surface area contributed by atoms with Crippen molar-refractivity contribution in [3.63, 3.8) is 0 Å². The summed E-state index contributed by atoms with van der Waals surface area (Å²) in [5.41, 5.74) is 2.15. The van der Waals surface area contributed by atoms with Crippen LogP contribution in [-0.4, -0.2) is 34.4 Å². The summed E-state index contributed by atoms with van der Waals surface area (Å²) < 4.78 is 1.97. The minimum Gasteiger partial charge on any atom is -0.390 e. The first kappa shape index (κ1) is 10.2. The number of nitrogens with one attached hydrogen (secondary N) is 1. The van der Waals surface area contributed by atoms with Gasteiger partial charge in [-0.15, -0.1) is 0 Å². The number of aryl methyl sites for hydroxylation is 1. The largest absolute Gasteiger partial charge is 0.390 e. The fourth-order valence-corrected chi connectivity index (χ4v) is 1.26. The number of nitrogens with zero attached hydrogens (tertiary/aromatic N) is 2. The van der Waals surface area contributed by atoms with E-state index in [1.165, 1.54) is 0 Å². The molecule has 0 spiro atoms. The van der Waals surface area contributed by atoms with E-state index in [2.05, 4.69) is 10.3 Å². The van der Waals surface area contributed by atoms with Gasteiger partial charge >= 0.3 is 0 Å². The lowest BCUT2D eigenvalue weighted by Crippen LogP contribution is -2.27. The molecule has 0 saturated heterocycles. The number of hydrogen-bond acceptors (Lipinski definition) is 3. The molecular weight excluding hydrogens is 166 g/mol. The maximum Gasteiger partial charge on any atom is 0.0952 e. The average Bonchev–Trinajstić information content (AvgIpc) is 2.37. The number of rotatable bonds is 4. The minimum atomic E-state index is -0.350. The van der Waals surface area contributed by atoms with Crippen molar-refractivity contribution in [1.29, 1.82) is 0 Å². The highest BCUT2D eigenvalue weighted by Gasteiger charge is 2.07. The molecule has 1 atom stereocenters. The van der Waals surface area contributed by atoms with Crippen molar-refractivity contribution in [1.82, 2.24) is 14.9 Å². The van der Waals surface area contributed by atoms with Crippen molar-refractivity contribution in [3.05, 3.63) is 17.7 Å². The van der Waals surface area contributed by atoms with Crippen molar-refractivity contribution in [3.8, 4) is 0 Å². The summed E-state index contributed by atoms with van der Waals surface area (Å²) in [6, 6.07) is 0. The van der Waals surface area contributed by atoms with E-state index in [1.807, 2.05) is 25.5 Å². The summed E-state index contributed by atoms with van der Waals surface area (Å²) in [4.78, 5) is 4.16. The quantitative estimate of drug-likeness (QED) is 0.695. The molecule has 2 N–H and O–H groups in total. The average molecular weight is 183 g/mol. The highest BCUT2D eigenvalue weighted by molar-refractivity contribution is 5.08. The standard InChI is InChI=1S/C9H17N3O/c1-7-8(2)12(6-11-7)5-9(13)4-10-3/h6,9-10,13H,4-5H2,1-3H3. The molecule has 0 aliphatic heterocycles. The van der Waals surface area contributed by atoms with Gasteiger partial charge in [0, 0.05) is 12.2 Å². The second-order valence-corrected chi connectivity index (χ2v) is 3.28. The Morgan fingerprint density at radius 2 is 2.31 bits per heavy atom. The molecule has 1 unspecified atom stereocenters. The molecule has 1 aromatic heterocycles. The molecule has 0 aliphatic carbocycles. The highest BCUT2D eigenvalue weighted by atomic mass is 16.3. The molecule has 1 aromatic rings. The van der Waals surface area contributed by atoms with Crippen molar-refractivity contribution in [2.24, 2.45) is 0 Å². The Balaban J connectivity index is 2.58. The second kappa shape index (κ2) is 4.39. The lowest BCUT2D eigenvalue weighted by Gasteiger charge is -2.11. The van der Waals surface area contributed by atoms with Crippen LogP contribution in [0.5, 0.6) is 0 Å². The maximum atomic E-state index is 9.53. The maximum absolute atomic E-state index is 9.53. The van der Waals surface area contributed by atoms with Crippen LogP contribution >= 0.6 is 0 Å². The zero-order valence-corrected chi connectivity index (χ0v) is 8.41. The van der Waals surface area contributed by atoms with E-state index in [9.17, 15) is 5.11 Å². The van der Waals surface area contributed by atoms with Crippen LogP contribution < -0.4 is 5.32 Å². The molecule has 1 rings (SSSR count). The van der Waals surface area contributed by atoms with Crippen LogP contribution in [0.4, 0.5) is 0 Å². The molecule has 4 nitrogen and oxygen atoms in total. The molecule has 1 heterocycles. The Kier molecular flexibility index (Phi) is 3.45. The van der Waals surface area contributed by atoms with E-state index >= 15 is 0 Å². The van der Waals surface area contributed by atoms with Crippen LogP contribution in [0.25, 0.3) is 0 Å². The van der Waals surface area contributed by atoms with Crippen molar-refractivity contribution in [2.45, 2.75) is 26.5 Å². The predicted molar refractivity (Wildman–Crippen MR) is 51.6 cm³/mol. The molecule has 74 valence electrons. The van der Waals surface area contributed by atoms with Crippen LogP contribution in [0.1, 0.15) is 11.4 Å². The van der Waals surface area contributed by atoms with Gasteiger partial charge in [0.15, 0.2) is 0 Å². The first-order valence-electron chi connectivity index (χ1n) is 4.46. The highest BCUT2D eigenvalue weighted by Crippen LogP contribution is 2.04. The van der Waals surface area contributed by atoms with E-state index in [-0.39, 0.29) is 6.10 Å². The number of aromatic nitrogens is 2. The Hall–Kier alpha value is -0.870. The van der Waals surface area contributed by atoms with Gasteiger partial charge in [0.1, 0.15) is 0 Å². The third-order valence-electron chi connectivity index (χ3n) is 2.19. The molecular formula is C9H17N3O. The topological polar surface area (TPSA) is 50.1 Å². The van der Waals surface area contributed by atoms with Gasteiger partial charge in [-0.05, 0) is 20.9 Å². The van der Waals surface area contributed by atoms with Crippen molar-refractivity contribution < 1.29 is 5.11 Å². The summed E-state index contributed by atoms with van der Waals surface area (Å²) >= 11 is 0. The first-order valence-corrected chi connectivity index (χ1v) is 4.46. The lowest BCUT2D eigenvalue weighted by atomic mass is 10.3. The molecule has 0 radical (unpaired) electrons. The first-order chi connectivity index (χ1) is 6.15. The van der Waals surface area contributed by atoms with E-state index in [0.29, 0.717) is 13.1 Å². The van der Waals surface area contributed by atoms with Gasteiger partial charge in [0.25, 0.3) is 0 Å². The van der Waals surface area contributed by atoms with Crippen LogP contribution in [-0.2, 0) is 6.54 Å². The third kappa shape index (κ3) is 2.54. The summed E-state index contributed by atoms with van der Waals surface area (Å²) in [7, 11) is 1.83. The van der Waals surface area contributed by atoms with Gasteiger partial charge in [-0.1, -0.05) is 0 Å². The Morgan fingerprint density at radius 3 is 2.77 bits per heavy atom. The summed E-state index contributed by atoms with van der Waals surface area (Å²) in [5, 5.41) is 12.5. The number of aliphatic hydroxyl groups excluding tert-OH is 1. The van der Waals surface area contributed by atoms with E-state index < -0.39 is 0 Å². The smallest absolute Gasteiger partial charge is 0.0952 e. The van der Waals surface area contributed by atoms with Crippen molar-refractivity contribution in [2.75, 3.05) is 13.6 Å². The Morgan fingerprint density at radius 1 is 1.62 bits per heavy atom. The van der Waals surface area contributed by atoms with Crippen LogP contribution in [0.15, 0.2) is 6.33 Å². The molecule has 13 heavy (non-hydrogen) atoms. The molecule has 0 saturated carbocycles. The zero-order valence-electron chi connectivity index (χ0n) is 8.41. The number of aliphatic hydroxyl groups is 1. The summed E-state index contributed by atoms with van der Waals surface area (Å²) in [6.45, 7) is 5.19. The van der Waals surface area contributed by atoms with Crippen molar-refractivity contribution >= 4 is 0 Å². The van der Waals surface area contributed by atoms with E-state index in [1.54, 1.807) is 6.33 Å². The lowest BCUT2D eigenvalue weighted by molar-refractivity contribution is 0.153. The van der Waals surface area contributed by atoms with E-state index in [4.69, 9.17) is 0 Å². The van der Waals surface area contributed by atoms with Crippen LogP contribution in [0, 0.1) is 13.8 Å². The molecule has 0 amide bonds. The van der Waals surface area contributed by atoms with Gasteiger partial charge in [0.2, 0.25) is 0 Å². The number of imidazole rings is 1. The van der Waals surface area contributed by atoms with Gasteiger partial charge in [-0.25, -0.2) is 4.98 Å². The fourth-order valence-electron chi connectivity index (χ4n) is 1.26.